The number of amides is 2. The van der Waals surface area contributed by atoms with Crippen LogP contribution in [-0.4, -0.2) is 27.9 Å². The molecule has 0 fully saturated rings. The molecule has 2 amide bonds. The number of hydrogen-bond acceptors (Lipinski definition) is 3. The average molecular weight is 326 g/mol. The summed E-state index contributed by atoms with van der Waals surface area (Å²) in [5.41, 5.74) is 2.16. The normalized spacial score (nSPS) is 10.5. The van der Waals surface area contributed by atoms with Gasteiger partial charge in [-0.2, -0.15) is 0 Å². The summed E-state index contributed by atoms with van der Waals surface area (Å²) >= 11 is 0. The van der Waals surface area contributed by atoms with Crippen molar-refractivity contribution >= 4 is 17.5 Å². The van der Waals surface area contributed by atoms with E-state index in [1.165, 1.54) is 17.0 Å². The van der Waals surface area contributed by atoms with Gasteiger partial charge >= 0.3 is 11.8 Å². The number of phenolic OH excluding ortho intramolecular Hbond substituents is 1. The number of carbonyl (C=O) groups is 2. The minimum absolute atomic E-state index is 0.107. The van der Waals surface area contributed by atoms with Crippen LogP contribution in [0, 0.1) is 6.92 Å². The summed E-state index contributed by atoms with van der Waals surface area (Å²) in [7, 11) is 0. The lowest BCUT2D eigenvalue weighted by atomic mass is 10.1. The zero-order valence-electron chi connectivity index (χ0n) is 14.1. The van der Waals surface area contributed by atoms with E-state index in [2.05, 4.69) is 5.32 Å². The van der Waals surface area contributed by atoms with Crippen LogP contribution < -0.4 is 5.32 Å². The van der Waals surface area contributed by atoms with Gasteiger partial charge in [-0.3, -0.25) is 9.59 Å². The van der Waals surface area contributed by atoms with E-state index in [0.29, 0.717) is 17.8 Å². The molecule has 126 valence electrons. The molecule has 2 N–H and O–H groups in total. The van der Waals surface area contributed by atoms with Gasteiger partial charge in [0.1, 0.15) is 5.75 Å². The maximum absolute atomic E-state index is 12.5. The van der Waals surface area contributed by atoms with Crippen LogP contribution in [0.2, 0.25) is 0 Å². The Morgan fingerprint density at radius 3 is 2.38 bits per heavy atom. The minimum Gasteiger partial charge on any atom is -0.508 e. The van der Waals surface area contributed by atoms with Crippen molar-refractivity contribution in [2.24, 2.45) is 0 Å². The lowest BCUT2D eigenvalue weighted by molar-refractivity contribution is -0.144. The molecule has 0 aliphatic carbocycles. The van der Waals surface area contributed by atoms with Crippen LogP contribution in [0.3, 0.4) is 0 Å². The van der Waals surface area contributed by atoms with E-state index in [9.17, 15) is 14.7 Å². The van der Waals surface area contributed by atoms with E-state index >= 15 is 0 Å². The molecule has 0 saturated carbocycles. The Morgan fingerprint density at radius 2 is 1.79 bits per heavy atom. The molecule has 2 rings (SSSR count). The highest BCUT2D eigenvalue weighted by Crippen LogP contribution is 2.20. The largest absolute Gasteiger partial charge is 0.508 e. The van der Waals surface area contributed by atoms with Crippen LogP contribution in [0.4, 0.5) is 5.69 Å². The van der Waals surface area contributed by atoms with Gasteiger partial charge in [0, 0.05) is 18.3 Å². The molecule has 5 heteroatoms. The Kier molecular flexibility index (Phi) is 5.58. The van der Waals surface area contributed by atoms with Crippen LogP contribution >= 0.6 is 0 Å². The monoisotopic (exact) mass is 326 g/mol. The second kappa shape index (κ2) is 7.64. The van der Waals surface area contributed by atoms with Crippen molar-refractivity contribution in [1.82, 2.24) is 4.90 Å². The van der Waals surface area contributed by atoms with Gasteiger partial charge in [0.15, 0.2) is 0 Å². The highest BCUT2D eigenvalue weighted by Gasteiger charge is 2.24. The Bertz CT molecular complexity index is 727. The fraction of sp³-hybridized carbons (Fsp3) is 0.263. The van der Waals surface area contributed by atoms with Gasteiger partial charge in [0.25, 0.3) is 0 Å². The Morgan fingerprint density at radius 1 is 1.12 bits per heavy atom. The van der Waals surface area contributed by atoms with E-state index in [4.69, 9.17) is 0 Å². The third-order valence-electron chi connectivity index (χ3n) is 3.73. The van der Waals surface area contributed by atoms with Crippen LogP contribution in [0.15, 0.2) is 48.5 Å². The van der Waals surface area contributed by atoms with Gasteiger partial charge in [-0.25, -0.2) is 0 Å². The molecule has 0 aliphatic rings. The molecule has 0 radical (unpaired) electrons. The first kappa shape index (κ1) is 17.5. The highest BCUT2D eigenvalue weighted by molar-refractivity contribution is 6.39. The lowest BCUT2D eigenvalue weighted by Gasteiger charge is -2.26. The first-order valence-corrected chi connectivity index (χ1v) is 7.84. The topological polar surface area (TPSA) is 69.6 Å². The van der Waals surface area contributed by atoms with Crippen molar-refractivity contribution in [3.8, 4) is 5.75 Å². The number of benzene rings is 2. The predicted octanol–water partition coefficient (Wildman–Crippen LogP) is 3.08. The molecule has 0 aromatic heterocycles. The number of phenols is 1. The van der Waals surface area contributed by atoms with E-state index in [0.717, 1.165) is 5.56 Å². The smallest absolute Gasteiger partial charge is 0.313 e. The van der Waals surface area contributed by atoms with Crippen molar-refractivity contribution in [1.29, 1.82) is 0 Å². The second-order valence-corrected chi connectivity index (χ2v) is 5.97. The molecule has 24 heavy (non-hydrogen) atoms. The Balaban J connectivity index is 2.12. The predicted molar refractivity (Wildman–Crippen MR) is 93.6 cm³/mol. The third kappa shape index (κ3) is 4.35. The van der Waals surface area contributed by atoms with Crippen molar-refractivity contribution < 1.29 is 14.7 Å². The van der Waals surface area contributed by atoms with Gasteiger partial charge in [0.2, 0.25) is 0 Å². The first-order valence-electron chi connectivity index (χ1n) is 7.84. The highest BCUT2D eigenvalue weighted by atomic mass is 16.3. The summed E-state index contributed by atoms with van der Waals surface area (Å²) in [5, 5.41) is 12.0. The SMILES string of the molecule is Cc1cc(O)ccc1NC(=O)C(=O)N(Cc1ccccc1)C(C)C. The van der Waals surface area contributed by atoms with Crippen molar-refractivity contribution in [2.45, 2.75) is 33.4 Å². The average Bonchev–Trinajstić information content (AvgIpc) is 2.55. The molecule has 0 bridgehead atoms. The van der Waals surface area contributed by atoms with Crippen LogP contribution in [0.25, 0.3) is 0 Å². The molecule has 0 unspecified atom stereocenters. The van der Waals surface area contributed by atoms with Crippen molar-refractivity contribution in [3.63, 3.8) is 0 Å². The number of aromatic hydroxyl groups is 1. The van der Waals surface area contributed by atoms with Gasteiger partial charge < -0.3 is 15.3 Å². The number of nitrogens with zero attached hydrogens (tertiary/aromatic N) is 1. The summed E-state index contributed by atoms with van der Waals surface area (Å²) in [4.78, 5) is 26.4. The zero-order chi connectivity index (χ0) is 17.7. The molecule has 0 heterocycles. The number of carbonyl (C=O) groups excluding carboxylic acids is 2. The van der Waals surface area contributed by atoms with Crippen molar-refractivity contribution in [3.05, 3.63) is 59.7 Å². The number of nitrogens with one attached hydrogen (secondary N) is 1. The zero-order valence-corrected chi connectivity index (χ0v) is 14.1. The minimum atomic E-state index is -0.687. The summed E-state index contributed by atoms with van der Waals surface area (Å²) in [6.07, 6.45) is 0. The number of hydrogen-bond donors (Lipinski definition) is 2. The van der Waals surface area contributed by atoms with Crippen LogP contribution in [0.5, 0.6) is 5.75 Å². The number of anilines is 1. The fourth-order valence-corrected chi connectivity index (χ4v) is 2.36. The molecule has 0 saturated heterocycles. The fourth-order valence-electron chi connectivity index (χ4n) is 2.36. The second-order valence-electron chi connectivity index (χ2n) is 5.97. The lowest BCUT2D eigenvalue weighted by Crippen LogP contribution is -2.43. The van der Waals surface area contributed by atoms with Gasteiger partial charge in [-0.1, -0.05) is 30.3 Å². The van der Waals surface area contributed by atoms with E-state index in [1.807, 2.05) is 44.2 Å². The molecule has 0 aliphatic heterocycles. The molecule has 2 aromatic carbocycles. The molecule has 5 nitrogen and oxygen atoms in total. The van der Waals surface area contributed by atoms with E-state index in [1.54, 1.807) is 13.0 Å². The maximum atomic E-state index is 12.5. The molecule has 0 atom stereocenters. The summed E-state index contributed by atoms with van der Waals surface area (Å²) < 4.78 is 0. The maximum Gasteiger partial charge on any atom is 0.313 e. The van der Waals surface area contributed by atoms with Gasteiger partial charge in [-0.05, 0) is 50.1 Å². The Hall–Kier alpha value is -2.82. The molecular formula is C19H22N2O3. The van der Waals surface area contributed by atoms with Gasteiger partial charge in [0.05, 0.1) is 0 Å². The summed E-state index contributed by atoms with van der Waals surface area (Å²) in [6, 6.07) is 14.0. The van der Waals surface area contributed by atoms with Crippen LogP contribution in [0.1, 0.15) is 25.0 Å². The molecule has 2 aromatic rings. The van der Waals surface area contributed by atoms with Crippen LogP contribution in [-0.2, 0) is 16.1 Å². The first-order chi connectivity index (χ1) is 11.4. The number of rotatable bonds is 4. The van der Waals surface area contributed by atoms with Gasteiger partial charge in [-0.15, -0.1) is 0 Å². The van der Waals surface area contributed by atoms with Crippen molar-refractivity contribution in [2.75, 3.05) is 5.32 Å². The summed E-state index contributed by atoms with van der Waals surface area (Å²) in [6.45, 7) is 5.88. The van der Waals surface area contributed by atoms with E-state index < -0.39 is 11.8 Å². The Labute approximate surface area is 141 Å². The standard InChI is InChI=1S/C19H22N2O3/c1-13(2)21(12-15-7-5-4-6-8-15)19(24)18(23)20-17-10-9-16(22)11-14(17)3/h4-11,13,22H,12H2,1-3H3,(H,20,23). The third-order valence-corrected chi connectivity index (χ3v) is 3.73. The van der Waals surface area contributed by atoms with E-state index in [-0.39, 0.29) is 11.8 Å². The molecule has 0 spiro atoms. The number of aryl methyl sites for hydroxylation is 1. The quantitative estimate of drug-likeness (QED) is 0.670. The summed E-state index contributed by atoms with van der Waals surface area (Å²) in [5.74, 6) is -1.15. The molecular weight excluding hydrogens is 304 g/mol.